The molecule has 0 radical (unpaired) electrons. The van der Waals surface area contributed by atoms with Crippen molar-refractivity contribution in [3.63, 3.8) is 0 Å². The number of fused-ring (bicyclic) bond motifs is 1. The molecule has 164 valence electrons. The third kappa shape index (κ3) is 6.35. The predicted molar refractivity (Wildman–Crippen MR) is 125 cm³/mol. The number of hydrogen-bond donors (Lipinski definition) is 2. The normalized spacial score (nSPS) is 20.9. The molecule has 2 atom stereocenters. The molecule has 1 fully saturated rings. The van der Waals surface area contributed by atoms with Crippen molar-refractivity contribution in [3.05, 3.63) is 65.2 Å². The third-order valence-corrected chi connectivity index (χ3v) is 5.70. The summed E-state index contributed by atoms with van der Waals surface area (Å²) in [5.41, 5.74) is 10.5. The molecule has 0 bridgehead atoms. The zero-order valence-electron chi connectivity index (χ0n) is 17.1. The fourth-order valence-corrected chi connectivity index (χ4v) is 4.33. The highest BCUT2D eigenvalue weighted by atomic mass is 35.5. The van der Waals surface area contributed by atoms with Gasteiger partial charge < -0.3 is 15.8 Å². The van der Waals surface area contributed by atoms with Gasteiger partial charge in [0.15, 0.2) is 0 Å². The van der Waals surface area contributed by atoms with Crippen LogP contribution < -0.4 is 11.1 Å². The number of benzene rings is 2. The van der Waals surface area contributed by atoms with E-state index < -0.39 is 0 Å². The van der Waals surface area contributed by atoms with Crippen LogP contribution in [0.4, 0.5) is 5.69 Å². The van der Waals surface area contributed by atoms with E-state index >= 15 is 0 Å². The Morgan fingerprint density at radius 1 is 1.17 bits per heavy atom. The maximum atomic E-state index is 12.7. The molecule has 3 N–H and O–H groups in total. The predicted octanol–water partition coefficient (Wildman–Crippen LogP) is 3.90. The Kier molecular flexibility index (Phi) is 9.43. The fourth-order valence-electron chi connectivity index (χ4n) is 4.33. The average molecular weight is 452 g/mol. The van der Waals surface area contributed by atoms with Gasteiger partial charge in [0, 0.05) is 25.3 Å². The maximum Gasteiger partial charge on any atom is 0.223 e. The van der Waals surface area contributed by atoms with Gasteiger partial charge in [-0.3, -0.25) is 9.69 Å². The van der Waals surface area contributed by atoms with Gasteiger partial charge in [-0.1, -0.05) is 36.4 Å². The number of aryl methyl sites for hydroxylation is 1. The first-order valence-corrected chi connectivity index (χ1v) is 10.2. The second-order valence-corrected chi connectivity index (χ2v) is 7.89. The van der Waals surface area contributed by atoms with Crippen molar-refractivity contribution in [1.29, 1.82) is 0 Å². The maximum absolute atomic E-state index is 12.7. The van der Waals surface area contributed by atoms with Crippen LogP contribution in [0, 0.1) is 0 Å². The van der Waals surface area contributed by atoms with E-state index in [-0.39, 0.29) is 42.9 Å². The second-order valence-electron chi connectivity index (χ2n) is 7.89. The lowest BCUT2D eigenvalue weighted by molar-refractivity contribution is -0.127. The van der Waals surface area contributed by atoms with Crippen LogP contribution >= 0.6 is 24.8 Å². The molecule has 1 aliphatic carbocycles. The molecule has 7 heteroatoms. The van der Waals surface area contributed by atoms with E-state index in [1.54, 1.807) is 0 Å². The molecule has 1 amide bonds. The lowest BCUT2D eigenvalue weighted by Crippen LogP contribution is -2.44. The first kappa shape index (κ1) is 24.5. The standard InChI is InChI=1S/C23H29N3O2.2ClH/c24-19-9-10-21-18(13-19)7-4-8-22(21)25-23(27)14-20-16-26(11-12-28-20)15-17-5-2-1-3-6-17;;/h1-3,5-6,9-10,13,20,22H,4,7-8,11-12,14-16,24H2,(H,25,27);2*1H. The van der Waals surface area contributed by atoms with Crippen molar-refractivity contribution in [2.75, 3.05) is 25.4 Å². The summed E-state index contributed by atoms with van der Waals surface area (Å²) in [6.45, 7) is 3.28. The number of nitrogens with one attached hydrogen (secondary N) is 1. The minimum Gasteiger partial charge on any atom is -0.399 e. The van der Waals surface area contributed by atoms with Crippen LogP contribution in [0.5, 0.6) is 0 Å². The highest BCUT2D eigenvalue weighted by Gasteiger charge is 2.26. The van der Waals surface area contributed by atoms with E-state index in [1.165, 1.54) is 16.7 Å². The van der Waals surface area contributed by atoms with Crippen LogP contribution in [0.15, 0.2) is 48.5 Å². The number of carbonyl (C=O) groups excluding carboxylic acids is 1. The van der Waals surface area contributed by atoms with E-state index in [9.17, 15) is 4.79 Å². The number of anilines is 1. The molecule has 0 saturated carbocycles. The van der Waals surface area contributed by atoms with Gasteiger partial charge >= 0.3 is 0 Å². The molecule has 0 spiro atoms. The van der Waals surface area contributed by atoms with Crippen molar-refractivity contribution < 1.29 is 9.53 Å². The third-order valence-electron chi connectivity index (χ3n) is 5.70. The Bertz CT molecular complexity index is 819. The molecular weight excluding hydrogens is 421 g/mol. The van der Waals surface area contributed by atoms with Crippen LogP contribution in [0.2, 0.25) is 0 Å². The van der Waals surface area contributed by atoms with Gasteiger partial charge in [-0.2, -0.15) is 0 Å². The summed E-state index contributed by atoms with van der Waals surface area (Å²) in [5.74, 6) is 0.0706. The second kappa shape index (κ2) is 11.6. The van der Waals surface area contributed by atoms with Gasteiger partial charge in [0.1, 0.15) is 0 Å². The molecule has 2 unspecified atom stereocenters. The van der Waals surface area contributed by atoms with Crippen molar-refractivity contribution in [3.8, 4) is 0 Å². The Balaban J connectivity index is 0.00000160. The van der Waals surface area contributed by atoms with Gasteiger partial charge in [-0.25, -0.2) is 0 Å². The number of morpholine rings is 1. The summed E-state index contributed by atoms with van der Waals surface area (Å²) in [6, 6.07) is 16.6. The SMILES string of the molecule is Cl.Cl.Nc1ccc2c(c1)CCCC2NC(=O)CC1CN(Cc2ccccc2)CCO1. The molecule has 2 aromatic carbocycles. The van der Waals surface area contributed by atoms with Crippen LogP contribution in [0.3, 0.4) is 0 Å². The number of nitrogens with two attached hydrogens (primary N) is 1. The molecule has 4 rings (SSSR count). The number of carbonyl (C=O) groups is 1. The molecule has 5 nitrogen and oxygen atoms in total. The highest BCUT2D eigenvalue weighted by molar-refractivity contribution is 5.85. The molecule has 1 saturated heterocycles. The van der Waals surface area contributed by atoms with E-state index in [2.05, 4.69) is 40.5 Å². The number of amides is 1. The summed E-state index contributed by atoms with van der Waals surface area (Å²) in [6.07, 6.45) is 3.45. The fraction of sp³-hybridized carbons (Fsp3) is 0.435. The van der Waals surface area contributed by atoms with Gasteiger partial charge in [0.05, 0.1) is 25.2 Å². The molecule has 2 aliphatic rings. The molecule has 1 aliphatic heterocycles. The minimum absolute atomic E-state index is 0. The smallest absolute Gasteiger partial charge is 0.223 e. The van der Waals surface area contributed by atoms with Crippen LogP contribution in [0.1, 0.15) is 42.0 Å². The Morgan fingerprint density at radius 3 is 2.77 bits per heavy atom. The van der Waals surface area contributed by atoms with Crippen molar-refractivity contribution in [2.45, 2.75) is 44.4 Å². The number of nitrogen functional groups attached to an aromatic ring is 1. The summed E-state index contributed by atoms with van der Waals surface area (Å²) in [5, 5.41) is 3.23. The van der Waals surface area contributed by atoms with Gasteiger partial charge in [-0.05, 0) is 48.1 Å². The summed E-state index contributed by atoms with van der Waals surface area (Å²) in [4.78, 5) is 15.1. The van der Waals surface area contributed by atoms with Crippen LogP contribution in [-0.2, 0) is 22.5 Å². The summed E-state index contributed by atoms with van der Waals surface area (Å²) < 4.78 is 5.87. The lowest BCUT2D eigenvalue weighted by Gasteiger charge is -2.33. The molecular formula is C23H31Cl2N3O2. The van der Waals surface area contributed by atoms with E-state index in [1.807, 2.05) is 18.2 Å². The molecule has 0 aromatic heterocycles. The number of halogens is 2. The zero-order valence-corrected chi connectivity index (χ0v) is 18.7. The minimum atomic E-state index is -0.0491. The van der Waals surface area contributed by atoms with Gasteiger partial charge in [-0.15, -0.1) is 24.8 Å². The first-order valence-electron chi connectivity index (χ1n) is 10.2. The molecule has 30 heavy (non-hydrogen) atoms. The largest absolute Gasteiger partial charge is 0.399 e. The Morgan fingerprint density at radius 2 is 1.97 bits per heavy atom. The first-order chi connectivity index (χ1) is 13.7. The van der Waals surface area contributed by atoms with Gasteiger partial charge in [0.25, 0.3) is 0 Å². The zero-order chi connectivity index (χ0) is 19.3. The number of ether oxygens (including phenoxy) is 1. The number of hydrogen-bond acceptors (Lipinski definition) is 4. The van der Waals surface area contributed by atoms with Crippen molar-refractivity contribution in [2.24, 2.45) is 0 Å². The lowest BCUT2D eigenvalue weighted by atomic mass is 9.87. The Hall–Kier alpha value is -1.79. The van der Waals surface area contributed by atoms with Crippen LogP contribution in [0.25, 0.3) is 0 Å². The Labute approximate surface area is 191 Å². The summed E-state index contributed by atoms with van der Waals surface area (Å²) in [7, 11) is 0. The number of rotatable bonds is 5. The summed E-state index contributed by atoms with van der Waals surface area (Å²) >= 11 is 0. The van der Waals surface area contributed by atoms with E-state index in [4.69, 9.17) is 10.5 Å². The topological polar surface area (TPSA) is 67.6 Å². The van der Waals surface area contributed by atoms with Gasteiger partial charge in [0.2, 0.25) is 5.91 Å². The average Bonchev–Trinajstić information content (AvgIpc) is 2.69. The molecule has 2 aromatic rings. The van der Waals surface area contributed by atoms with E-state index in [0.29, 0.717) is 13.0 Å². The molecule has 1 heterocycles. The monoisotopic (exact) mass is 451 g/mol. The quantitative estimate of drug-likeness (QED) is 0.676. The van der Waals surface area contributed by atoms with E-state index in [0.717, 1.165) is 44.6 Å². The van der Waals surface area contributed by atoms with Crippen molar-refractivity contribution in [1.82, 2.24) is 10.2 Å². The van der Waals surface area contributed by atoms with Crippen LogP contribution in [-0.4, -0.2) is 36.6 Å². The number of nitrogens with zero attached hydrogens (tertiary/aromatic N) is 1. The van der Waals surface area contributed by atoms with Crippen molar-refractivity contribution >= 4 is 36.4 Å². The highest BCUT2D eigenvalue weighted by Crippen LogP contribution is 2.31.